The number of nitrogens with one attached hydrogen (secondary N) is 1. The molecule has 0 aliphatic carbocycles. The average molecular weight is 272 g/mol. The van der Waals surface area contributed by atoms with Crippen molar-refractivity contribution in [1.82, 2.24) is 5.32 Å². The van der Waals surface area contributed by atoms with E-state index in [1.54, 1.807) is 12.1 Å². The molecule has 1 unspecified atom stereocenters. The molecular weight excluding hydrogens is 249 g/mol. The first kappa shape index (κ1) is 15.5. The smallest absolute Gasteiger partial charge is 0.126 e. The molecule has 1 rings (SSSR count). The van der Waals surface area contributed by atoms with Crippen molar-refractivity contribution >= 4 is 11.6 Å². The lowest BCUT2D eigenvalue weighted by molar-refractivity contribution is 0.231. The third kappa shape index (κ3) is 3.96. The first-order valence-corrected chi connectivity index (χ1v) is 6.95. The van der Waals surface area contributed by atoms with Crippen LogP contribution in [0.2, 0.25) is 5.02 Å². The molecular formula is C15H23ClFN. The van der Waals surface area contributed by atoms with Crippen LogP contribution in [0, 0.1) is 11.2 Å². The summed E-state index contributed by atoms with van der Waals surface area (Å²) in [6, 6.07) is 5.01. The van der Waals surface area contributed by atoms with Crippen molar-refractivity contribution in [3.8, 4) is 0 Å². The van der Waals surface area contributed by atoms with Gasteiger partial charge in [0.05, 0.1) is 0 Å². The number of rotatable bonds is 6. The van der Waals surface area contributed by atoms with Crippen molar-refractivity contribution in [2.45, 2.75) is 46.6 Å². The molecule has 0 spiro atoms. The molecule has 102 valence electrons. The molecule has 1 nitrogen and oxygen atoms in total. The van der Waals surface area contributed by atoms with Crippen LogP contribution in [0.1, 0.15) is 39.7 Å². The van der Waals surface area contributed by atoms with Gasteiger partial charge in [-0.1, -0.05) is 39.3 Å². The number of likely N-dealkylation sites (N-methyl/N-ethyl adjacent to an activating group) is 1. The fourth-order valence-electron chi connectivity index (χ4n) is 2.04. The Morgan fingerprint density at radius 1 is 1.33 bits per heavy atom. The predicted octanol–water partition coefficient (Wildman–Crippen LogP) is 4.44. The van der Waals surface area contributed by atoms with Gasteiger partial charge in [-0.3, -0.25) is 0 Å². The lowest BCUT2D eigenvalue weighted by Gasteiger charge is -2.34. The van der Waals surface area contributed by atoms with Crippen LogP contribution in [0.25, 0.3) is 0 Å². The summed E-state index contributed by atoms with van der Waals surface area (Å²) in [4.78, 5) is 0. The third-order valence-electron chi connectivity index (χ3n) is 3.74. The van der Waals surface area contributed by atoms with Crippen LogP contribution in [0.4, 0.5) is 4.39 Å². The standard InChI is InChI=1S/C15H23ClFN/c1-5-15(3,4)14(18-6-2)10-11-9-12(16)7-8-13(11)17/h7-9,14,18H,5-6,10H2,1-4H3. The van der Waals surface area contributed by atoms with Crippen molar-refractivity contribution in [2.75, 3.05) is 6.54 Å². The van der Waals surface area contributed by atoms with E-state index in [0.717, 1.165) is 13.0 Å². The van der Waals surface area contributed by atoms with Gasteiger partial charge in [0.2, 0.25) is 0 Å². The Bertz CT molecular complexity index is 390. The monoisotopic (exact) mass is 271 g/mol. The molecule has 1 aromatic carbocycles. The van der Waals surface area contributed by atoms with E-state index in [-0.39, 0.29) is 17.3 Å². The Labute approximate surface area is 115 Å². The fraction of sp³-hybridized carbons (Fsp3) is 0.600. The van der Waals surface area contributed by atoms with Crippen molar-refractivity contribution in [2.24, 2.45) is 5.41 Å². The molecule has 0 radical (unpaired) electrons. The predicted molar refractivity (Wildman–Crippen MR) is 76.7 cm³/mol. The second-order valence-electron chi connectivity index (χ2n) is 5.39. The fourth-order valence-corrected chi connectivity index (χ4v) is 2.23. The number of hydrogen-bond acceptors (Lipinski definition) is 1. The molecule has 0 aliphatic rings. The molecule has 0 saturated heterocycles. The van der Waals surface area contributed by atoms with Crippen LogP contribution in [0.3, 0.4) is 0 Å². The van der Waals surface area contributed by atoms with Crippen LogP contribution < -0.4 is 5.32 Å². The van der Waals surface area contributed by atoms with Gasteiger partial charge < -0.3 is 5.32 Å². The minimum Gasteiger partial charge on any atom is -0.313 e. The van der Waals surface area contributed by atoms with E-state index in [1.165, 1.54) is 6.07 Å². The van der Waals surface area contributed by atoms with E-state index < -0.39 is 0 Å². The van der Waals surface area contributed by atoms with Gasteiger partial charge in [0.15, 0.2) is 0 Å². The van der Waals surface area contributed by atoms with Gasteiger partial charge in [-0.25, -0.2) is 4.39 Å². The molecule has 0 bridgehead atoms. The van der Waals surface area contributed by atoms with Gasteiger partial charge in [-0.05, 0) is 48.6 Å². The molecule has 0 saturated carbocycles. The molecule has 0 fully saturated rings. The first-order valence-electron chi connectivity index (χ1n) is 6.58. The highest BCUT2D eigenvalue weighted by atomic mass is 35.5. The maximum atomic E-state index is 13.8. The van der Waals surface area contributed by atoms with Crippen LogP contribution in [0.15, 0.2) is 18.2 Å². The highest BCUT2D eigenvalue weighted by Crippen LogP contribution is 2.28. The van der Waals surface area contributed by atoms with Gasteiger partial charge in [0.1, 0.15) is 5.82 Å². The Morgan fingerprint density at radius 2 is 2.00 bits per heavy atom. The zero-order valence-corrected chi connectivity index (χ0v) is 12.4. The van der Waals surface area contributed by atoms with E-state index >= 15 is 0 Å². The second-order valence-corrected chi connectivity index (χ2v) is 5.83. The average Bonchev–Trinajstić information content (AvgIpc) is 2.33. The first-order chi connectivity index (χ1) is 8.40. The van der Waals surface area contributed by atoms with Gasteiger partial charge in [0.25, 0.3) is 0 Å². The lowest BCUT2D eigenvalue weighted by atomic mass is 9.79. The van der Waals surface area contributed by atoms with E-state index in [9.17, 15) is 4.39 Å². The quantitative estimate of drug-likeness (QED) is 0.807. The summed E-state index contributed by atoms with van der Waals surface area (Å²) < 4.78 is 13.8. The molecule has 18 heavy (non-hydrogen) atoms. The zero-order chi connectivity index (χ0) is 13.8. The zero-order valence-electron chi connectivity index (χ0n) is 11.7. The summed E-state index contributed by atoms with van der Waals surface area (Å²) in [5.41, 5.74) is 0.820. The summed E-state index contributed by atoms with van der Waals surface area (Å²) in [5, 5.41) is 4.05. The summed E-state index contributed by atoms with van der Waals surface area (Å²) in [7, 11) is 0. The van der Waals surface area contributed by atoms with E-state index in [4.69, 9.17) is 11.6 Å². The number of benzene rings is 1. The largest absolute Gasteiger partial charge is 0.313 e. The molecule has 1 atom stereocenters. The summed E-state index contributed by atoms with van der Waals surface area (Å²) in [5.74, 6) is -0.172. The van der Waals surface area contributed by atoms with Gasteiger partial charge in [0, 0.05) is 11.1 Å². The highest BCUT2D eigenvalue weighted by Gasteiger charge is 2.27. The molecule has 0 heterocycles. The van der Waals surface area contributed by atoms with Crippen molar-refractivity contribution in [1.29, 1.82) is 0 Å². The van der Waals surface area contributed by atoms with Crippen LogP contribution in [-0.4, -0.2) is 12.6 Å². The topological polar surface area (TPSA) is 12.0 Å². The Kier molecular flexibility index (Phi) is 5.61. The Balaban J connectivity index is 2.93. The maximum Gasteiger partial charge on any atom is 0.126 e. The Morgan fingerprint density at radius 3 is 2.56 bits per heavy atom. The second kappa shape index (κ2) is 6.53. The van der Waals surface area contributed by atoms with E-state index in [0.29, 0.717) is 17.0 Å². The summed E-state index contributed by atoms with van der Waals surface area (Å²) in [6.45, 7) is 9.55. The van der Waals surface area contributed by atoms with Gasteiger partial charge in [-0.15, -0.1) is 0 Å². The van der Waals surface area contributed by atoms with Crippen molar-refractivity contribution in [3.63, 3.8) is 0 Å². The minimum absolute atomic E-state index is 0.130. The van der Waals surface area contributed by atoms with Crippen LogP contribution in [0.5, 0.6) is 0 Å². The SMILES string of the molecule is CCNC(Cc1cc(Cl)ccc1F)C(C)(C)CC. The van der Waals surface area contributed by atoms with E-state index in [1.807, 2.05) is 0 Å². The lowest BCUT2D eigenvalue weighted by Crippen LogP contribution is -2.43. The van der Waals surface area contributed by atoms with Crippen LogP contribution >= 0.6 is 11.6 Å². The maximum absolute atomic E-state index is 13.8. The van der Waals surface area contributed by atoms with Gasteiger partial charge in [-0.2, -0.15) is 0 Å². The summed E-state index contributed by atoms with van der Waals surface area (Å²) in [6.07, 6.45) is 1.72. The Hall–Kier alpha value is -0.600. The highest BCUT2D eigenvalue weighted by molar-refractivity contribution is 6.30. The molecule has 1 N–H and O–H groups in total. The van der Waals surface area contributed by atoms with Crippen LogP contribution in [-0.2, 0) is 6.42 Å². The van der Waals surface area contributed by atoms with Gasteiger partial charge >= 0.3 is 0 Å². The van der Waals surface area contributed by atoms with E-state index in [2.05, 4.69) is 33.0 Å². The molecule has 0 aromatic heterocycles. The van der Waals surface area contributed by atoms with Crippen molar-refractivity contribution < 1.29 is 4.39 Å². The number of halogens is 2. The molecule has 1 aromatic rings. The number of hydrogen-bond donors (Lipinski definition) is 1. The molecule has 0 aliphatic heterocycles. The molecule has 0 amide bonds. The molecule has 3 heteroatoms. The summed E-state index contributed by atoms with van der Waals surface area (Å²) >= 11 is 5.94. The minimum atomic E-state index is -0.172. The normalized spacial score (nSPS) is 13.7. The third-order valence-corrected chi connectivity index (χ3v) is 3.97. The van der Waals surface area contributed by atoms with Crippen molar-refractivity contribution in [3.05, 3.63) is 34.6 Å².